The molecule has 0 fully saturated rings. The molecule has 3 N–H and O–H groups in total. The Kier molecular flexibility index (Phi) is 5.38. The highest BCUT2D eigenvalue weighted by Crippen LogP contribution is 2.45. The van der Waals surface area contributed by atoms with Crippen LogP contribution in [0.2, 0.25) is 0 Å². The highest BCUT2D eigenvalue weighted by atomic mass is 16.4. The molecule has 3 aromatic rings. The minimum absolute atomic E-state index is 0.0587. The van der Waals surface area contributed by atoms with Gasteiger partial charge in [-0.25, -0.2) is 4.79 Å². The maximum atomic E-state index is 13.7. The molecule has 0 saturated carbocycles. The van der Waals surface area contributed by atoms with Crippen molar-refractivity contribution in [2.45, 2.75) is 37.8 Å². The van der Waals surface area contributed by atoms with Crippen molar-refractivity contribution in [3.63, 3.8) is 0 Å². The van der Waals surface area contributed by atoms with Crippen molar-refractivity contribution in [2.24, 2.45) is 0 Å². The summed E-state index contributed by atoms with van der Waals surface area (Å²) < 4.78 is 0. The van der Waals surface area contributed by atoms with E-state index in [1.807, 2.05) is 35.2 Å². The smallest absolute Gasteiger partial charge is 0.335 e. The van der Waals surface area contributed by atoms with Gasteiger partial charge in [0.15, 0.2) is 0 Å². The Morgan fingerprint density at radius 1 is 0.944 bits per heavy atom. The number of carboxylic acid groups (broad SMARTS) is 2. The van der Waals surface area contributed by atoms with Gasteiger partial charge < -0.3 is 15.5 Å². The maximum absolute atomic E-state index is 13.7. The van der Waals surface area contributed by atoms with Crippen molar-refractivity contribution in [3.8, 4) is 11.1 Å². The standard InChI is InChI=1S/C29H26N2O5/c32-25(33)15-31-11-10-18-13-19(29(35)36)14-22-23(8-9-24(31)27(18)22)30-28(34)21-7-3-5-17-12-16-4-1-2-6-20(16)26(17)21/h1-7,13-14,23-24H,8-12,15H2,(H,30,34)(H,32,33)(H,35,36)/t23-,24+/m1/s1. The van der Waals surface area contributed by atoms with Crippen molar-refractivity contribution < 1.29 is 24.6 Å². The molecule has 0 spiro atoms. The lowest BCUT2D eigenvalue weighted by atomic mass is 9.77. The number of amides is 1. The van der Waals surface area contributed by atoms with Gasteiger partial charge in [0, 0.05) is 18.2 Å². The number of benzene rings is 3. The molecule has 36 heavy (non-hydrogen) atoms. The highest BCUT2D eigenvalue weighted by molar-refractivity contribution is 6.03. The summed E-state index contributed by atoms with van der Waals surface area (Å²) in [6, 6.07) is 16.9. The molecule has 7 nitrogen and oxygen atoms in total. The van der Waals surface area contributed by atoms with Crippen LogP contribution in [0.15, 0.2) is 54.6 Å². The van der Waals surface area contributed by atoms with Gasteiger partial charge >= 0.3 is 11.9 Å². The van der Waals surface area contributed by atoms with Crippen molar-refractivity contribution in [1.82, 2.24) is 10.2 Å². The molecule has 2 atom stereocenters. The van der Waals surface area contributed by atoms with Crippen LogP contribution in [0.25, 0.3) is 11.1 Å². The van der Waals surface area contributed by atoms with E-state index in [1.54, 1.807) is 12.1 Å². The van der Waals surface area contributed by atoms with Crippen LogP contribution in [-0.4, -0.2) is 46.0 Å². The Bertz CT molecular complexity index is 1430. The van der Waals surface area contributed by atoms with Crippen molar-refractivity contribution in [3.05, 3.63) is 93.5 Å². The normalized spacial score (nSPS) is 19.7. The second kappa shape index (κ2) is 8.60. The van der Waals surface area contributed by atoms with Crippen LogP contribution in [0.3, 0.4) is 0 Å². The number of carbonyl (C=O) groups excluding carboxylic acids is 1. The van der Waals surface area contributed by atoms with E-state index < -0.39 is 11.9 Å². The second-order valence-electron chi connectivity index (χ2n) is 9.85. The van der Waals surface area contributed by atoms with Crippen LogP contribution in [0.4, 0.5) is 0 Å². The number of aromatic carboxylic acids is 1. The Labute approximate surface area is 208 Å². The first-order chi connectivity index (χ1) is 17.4. The molecule has 0 radical (unpaired) electrons. The summed E-state index contributed by atoms with van der Waals surface area (Å²) in [6.45, 7) is 0.510. The largest absolute Gasteiger partial charge is 0.480 e. The molecule has 0 unspecified atom stereocenters. The van der Waals surface area contributed by atoms with Gasteiger partial charge in [-0.15, -0.1) is 0 Å². The number of hydrogen-bond acceptors (Lipinski definition) is 4. The third-order valence-electron chi connectivity index (χ3n) is 7.80. The fourth-order valence-electron chi connectivity index (χ4n) is 6.30. The number of nitrogens with zero attached hydrogens (tertiary/aromatic N) is 1. The van der Waals surface area contributed by atoms with Gasteiger partial charge in [-0.05, 0) is 82.8 Å². The number of fused-ring (bicyclic) bond motifs is 3. The molecular formula is C29H26N2O5. The van der Waals surface area contributed by atoms with Crippen LogP contribution in [0, 0.1) is 0 Å². The van der Waals surface area contributed by atoms with Crippen LogP contribution < -0.4 is 5.32 Å². The molecule has 1 amide bonds. The van der Waals surface area contributed by atoms with Crippen molar-refractivity contribution >= 4 is 17.8 Å². The SMILES string of the molecule is O=C(O)CN1CCc2cc(C(=O)O)cc3c2[C@@H]1CC[C@H]3NC(=O)c1cccc2c1-c1ccccc1C2. The van der Waals surface area contributed by atoms with Crippen molar-refractivity contribution in [1.29, 1.82) is 0 Å². The average molecular weight is 483 g/mol. The Hall–Kier alpha value is -3.97. The molecular weight excluding hydrogens is 456 g/mol. The first kappa shape index (κ1) is 22.5. The van der Waals surface area contributed by atoms with Crippen LogP contribution in [0.5, 0.6) is 0 Å². The molecule has 3 aromatic carbocycles. The zero-order valence-corrected chi connectivity index (χ0v) is 19.7. The minimum Gasteiger partial charge on any atom is -0.480 e. The second-order valence-corrected chi connectivity index (χ2v) is 9.85. The fourth-order valence-corrected chi connectivity index (χ4v) is 6.30. The van der Waals surface area contributed by atoms with E-state index in [9.17, 15) is 24.6 Å². The number of carboxylic acids is 2. The van der Waals surface area contributed by atoms with E-state index in [-0.39, 0.29) is 30.1 Å². The molecule has 3 aliphatic rings. The van der Waals surface area contributed by atoms with Gasteiger partial charge in [0.2, 0.25) is 0 Å². The van der Waals surface area contributed by atoms with Crippen LogP contribution >= 0.6 is 0 Å². The van der Waals surface area contributed by atoms with Crippen molar-refractivity contribution in [2.75, 3.05) is 13.1 Å². The molecule has 0 bridgehead atoms. The predicted molar refractivity (Wildman–Crippen MR) is 133 cm³/mol. The minimum atomic E-state index is -1.01. The summed E-state index contributed by atoms with van der Waals surface area (Å²) in [4.78, 5) is 38.9. The van der Waals surface area contributed by atoms with Gasteiger partial charge in [-0.2, -0.15) is 0 Å². The van der Waals surface area contributed by atoms with Gasteiger partial charge in [0.25, 0.3) is 5.91 Å². The van der Waals surface area contributed by atoms with E-state index in [2.05, 4.69) is 17.4 Å². The average Bonchev–Trinajstić information content (AvgIpc) is 3.25. The van der Waals surface area contributed by atoms with Crippen LogP contribution in [-0.2, 0) is 17.6 Å². The maximum Gasteiger partial charge on any atom is 0.335 e. The monoisotopic (exact) mass is 482 g/mol. The van der Waals surface area contributed by atoms with Gasteiger partial charge in [0.05, 0.1) is 18.2 Å². The van der Waals surface area contributed by atoms with Crippen LogP contribution in [0.1, 0.15) is 73.5 Å². The topological polar surface area (TPSA) is 107 Å². The Morgan fingerprint density at radius 2 is 1.75 bits per heavy atom. The summed E-state index contributed by atoms with van der Waals surface area (Å²) >= 11 is 0. The van der Waals surface area contributed by atoms with E-state index in [4.69, 9.17) is 0 Å². The molecule has 1 heterocycles. The summed E-state index contributed by atoms with van der Waals surface area (Å²) in [5.74, 6) is -2.07. The fraction of sp³-hybridized carbons (Fsp3) is 0.276. The number of aliphatic carboxylic acids is 1. The first-order valence-electron chi connectivity index (χ1n) is 12.3. The summed E-state index contributed by atoms with van der Waals surface area (Å²) in [6.07, 6.45) is 2.68. The molecule has 2 aliphatic carbocycles. The zero-order chi connectivity index (χ0) is 25.0. The molecule has 0 saturated heterocycles. The summed E-state index contributed by atoms with van der Waals surface area (Å²) in [5.41, 5.74) is 7.90. The third kappa shape index (κ3) is 3.67. The molecule has 182 valence electrons. The number of rotatable bonds is 5. The number of carbonyl (C=O) groups is 3. The quantitative estimate of drug-likeness (QED) is 0.394. The van der Waals surface area contributed by atoms with E-state index in [0.717, 1.165) is 39.8 Å². The van der Waals surface area contributed by atoms with E-state index >= 15 is 0 Å². The summed E-state index contributed by atoms with van der Waals surface area (Å²) in [7, 11) is 0. The Morgan fingerprint density at radius 3 is 2.56 bits per heavy atom. The van der Waals surface area contributed by atoms with E-state index in [0.29, 0.717) is 31.4 Å². The first-order valence-corrected chi connectivity index (χ1v) is 12.3. The van der Waals surface area contributed by atoms with Gasteiger partial charge in [-0.1, -0.05) is 36.4 Å². The van der Waals surface area contributed by atoms with Gasteiger partial charge in [-0.3, -0.25) is 14.5 Å². The number of hydrogen-bond donors (Lipinski definition) is 3. The highest BCUT2D eigenvalue weighted by Gasteiger charge is 2.38. The lowest BCUT2D eigenvalue weighted by molar-refractivity contribution is -0.139. The molecule has 0 aromatic heterocycles. The zero-order valence-electron chi connectivity index (χ0n) is 19.7. The summed E-state index contributed by atoms with van der Waals surface area (Å²) in [5, 5.41) is 22.3. The Balaban J connectivity index is 1.37. The molecule has 1 aliphatic heterocycles. The number of nitrogens with one attached hydrogen (secondary N) is 1. The lowest BCUT2D eigenvalue weighted by Crippen LogP contribution is -2.43. The van der Waals surface area contributed by atoms with Gasteiger partial charge in [0.1, 0.15) is 0 Å². The van der Waals surface area contributed by atoms with E-state index in [1.165, 1.54) is 5.56 Å². The predicted octanol–water partition coefficient (Wildman–Crippen LogP) is 4.20. The lowest BCUT2D eigenvalue weighted by Gasteiger charge is -2.43. The third-order valence-corrected chi connectivity index (χ3v) is 7.80. The molecule has 7 heteroatoms. The molecule has 6 rings (SSSR count).